The fourth-order valence-electron chi connectivity index (χ4n) is 3.61. The van der Waals surface area contributed by atoms with Gasteiger partial charge in [0.1, 0.15) is 18.1 Å². The number of halogens is 1. The fraction of sp³-hybridized carbons (Fsp3) is 0.318. The van der Waals surface area contributed by atoms with Crippen molar-refractivity contribution < 1.29 is 13.9 Å². The number of carbonyl (C=O) groups is 1. The second kappa shape index (κ2) is 9.13. The van der Waals surface area contributed by atoms with Gasteiger partial charge in [0.15, 0.2) is 5.76 Å². The number of ether oxygens (including phenoxy) is 1. The Morgan fingerprint density at radius 3 is 2.82 bits per heavy atom. The summed E-state index contributed by atoms with van der Waals surface area (Å²) >= 11 is 0. The van der Waals surface area contributed by atoms with Crippen molar-refractivity contribution in [2.75, 3.05) is 26.7 Å². The number of rotatable bonds is 6. The lowest BCUT2D eigenvalue weighted by Gasteiger charge is -2.14. The Morgan fingerprint density at radius 1 is 1.18 bits per heavy atom. The van der Waals surface area contributed by atoms with Gasteiger partial charge in [0.2, 0.25) is 0 Å². The molecule has 0 spiro atoms. The Morgan fingerprint density at radius 2 is 2.00 bits per heavy atom. The van der Waals surface area contributed by atoms with Crippen molar-refractivity contribution >= 4 is 29.1 Å². The summed E-state index contributed by atoms with van der Waals surface area (Å²) in [6.07, 6.45) is 1.03. The molecule has 1 fully saturated rings. The van der Waals surface area contributed by atoms with Gasteiger partial charge in [-0.3, -0.25) is 4.79 Å². The third-order valence-corrected chi connectivity index (χ3v) is 5.04. The van der Waals surface area contributed by atoms with Crippen molar-refractivity contribution in [2.24, 2.45) is 5.92 Å². The number of fused-ring (bicyclic) bond motifs is 1. The normalized spacial score (nSPS) is 16.2. The monoisotopic (exact) mass is 400 g/mol. The molecular formula is C22H25ClN2O3. The van der Waals surface area contributed by atoms with Crippen molar-refractivity contribution in [1.82, 2.24) is 10.2 Å². The smallest absolute Gasteiger partial charge is 0.289 e. The van der Waals surface area contributed by atoms with Crippen LogP contribution >= 0.6 is 12.4 Å². The van der Waals surface area contributed by atoms with Crippen molar-refractivity contribution in [2.45, 2.75) is 13.0 Å². The summed E-state index contributed by atoms with van der Waals surface area (Å²) in [4.78, 5) is 14.5. The minimum Gasteiger partial charge on any atom is -0.486 e. The molecule has 28 heavy (non-hydrogen) atoms. The van der Waals surface area contributed by atoms with Gasteiger partial charge in [0.05, 0.1) is 0 Å². The van der Waals surface area contributed by atoms with Crippen LogP contribution in [0, 0.1) is 5.92 Å². The number of nitrogens with one attached hydrogen (secondary N) is 1. The third kappa shape index (κ3) is 4.49. The summed E-state index contributed by atoms with van der Waals surface area (Å²) in [5.41, 5.74) is 0. The largest absolute Gasteiger partial charge is 0.486 e. The van der Waals surface area contributed by atoms with Crippen molar-refractivity contribution in [3.63, 3.8) is 0 Å². The van der Waals surface area contributed by atoms with E-state index in [1.165, 1.54) is 5.39 Å². The Hall–Kier alpha value is -2.50. The van der Waals surface area contributed by atoms with Gasteiger partial charge in [-0.15, -0.1) is 12.4 Å². The Kier molecular flexibility index (Phi) is 6.60. The number of likely N-dealkylation sites (tertiary alicyclic amines) is 1. The maximum atomic E-state index is 12.6. The lowest BCUT2D eigenvalue weighted by Crippen LogP contribution is -2.30. The van der Waals surface area contributed by atoms with Crippen molar-refractivity contribution in [1.29, 1.82) is 0 Å². The van der Waals surface area contributed by atoms with E-state index in [1.54, 1.807) is 6.07 Å². The van der Waals surface area contributed by atoms with Crippen LogP contribution in [-0.2, 0) is 6.61 Å². The van der Waals surface area contributed by atoms with Gasteiger partial charge in [0.25, 0.3) is 5.91 Å². The fourth-order valence-corrected chi connectivity index (χ4v) is 3.61. The highest BCUT2D eigenvalue weighted by Gasteiger charge is 2.28. The molecule has 3 aromatic rings. The van der Waals surface area contributed by atoms with E-state index in [9.17, 15) is 4.79 Å². The maximum Gasteiger partial charge on any atom is 0.289 e. The zero-order chi connectivity index (χ0) is 18.6. The average molecular weight is 401 g/mol. The molecule has 1 aliphatic rings. The minimum atomic E-state index is -0.0365. The predicted octanol–water partition coefficient (Wildman–Crippen LogP) is 4.12. The van der Waals surface area contributed by atoms with Crippen LogP contribution in [0.2, 0.25) is 0 Å². The van der Waals surface area contributed by atoms with E-state index in [4.69, 9.17) is 9.15 Å². The summed E-state index contributed by atoms with van der Waals surface area (Å²) in [5, 5.41) is 5.49. The Bertz CT molecular complexity index is 940. The number of carbonyl (C=O) groups excluding carboxylic acids is 1. The minimum absolute atomic E-state index is 0. The van der Waals surface area contributed by atoms with Crippen LogP contribution in [0.15, 0.2) is 59.0 Å². The second-order valence-corrected chi connectivity index (χ2v) is 7.03. The highest BCUT2D eigenvalue weighted by molar-refractivity contribution is 5.91. The first-order valence-electron chi connectivity index (χ1n) is 9.37. The molecule has 1 aromatic heterocycles. The molecule has 1 unspecified atom stereocenters. The van der Waals surface area contributed by atoms with E-state index < -0.39 is 0 Å². The first kappa shape index (κ1) is 20.2. The van der Waals surface area contributed by atoms with Gasteiger partial charge in [-0.05, 0) is 61.0 Å². The van der Waals surface area contributed by atoms with Crippen LogP contribution in [0.5, 0.6) is 5.75 Å². The van der Waals surface area contributed by atoms with Crippen molar-refractivity contribution in [3.8, 4) is 5.75 Å². The van der Waals surface area contributed by atoms with Gasteiger partial charge < -0.3 is 19.4 Å². The number of hydrogen-bond donors (Lipinski definition) is 1. The highest BCUT2D eigenvalue weighted by atomic mass is 35.5. The van der Waals surface area contributed by atoms with Gasteiger partial charge in [-0.25, -0.2) is 0 Å². The zero-order valence-corrected chi connectivity index (χ0v) is 16.7. The summed E-state index contributed by atoms with van der Waals surface area (Å²) < 4.78 is 11.6. The SMILES string of the molecule is CNCC1CCN(C(=O)c2ccc(COc3ccc4ccccc4c3)o2)C1.Cl. The summed E-state index contributed by atoms with van der Waals surface area (Å²) in [6, 6.07) is 17.7. The first-order valence-corrected chi connectivity index (χ1v) is 9.37. The molecule has 2 heterocycles. The number of amides is 1. The molecular weight excluding hydrogens is 376 g/mol. The number of benzene rings is 2. The molecule has 1 amide bonds. The molecule has 6 heteroatoms. The van der Waals surface area contributed by atoms with Gasteiger partial charge >= 0.3 is 0 Å². The zero-order valence-electron chi connectivity index (χ0n) is 15.9. The molecule has 1 N–H and O–H groups in total. The molecule has 1 saturated heterocycles. The molecule has 148 valence electrons. The van der Waals surface area contributed by atoms with Crippen LogP contribution in [0.1, 0.15) is 22.7 Å². The highest BCUT2D eigenvalue weighted by Crippen LogP contribution is 2.23. The van der Waals surface area contributed by atoms with Crippen LogP contribution < -0.4 is 10.1 Å². The van der Waals surface area contributed by atoms with E-state index in [1.807, 2.05) is 48.3 Å². The van der Waals surface area contributed by atoms with Crippen LogP contribution in [-0.4, -0.2) is 37.5 Å². The van der Waals surface area contributed by atoms with Crippen molar-refractivity contribution in [3.05, 3.63) is 66.1 Å². The van der Waals surface area contributed by atoms with E-state index in [2.05, 4.69) is 17.4 Å². The average Bonchev–Trinajstić information content (AvgIpc) is 3.36. The number of furan rings is 1. The molecule has 0 radical (unpaired) electrons. The van der Waals surface area contributed by atoms with Gasteiger partial charge in [0, 0.05) is 13.1 Å². The van der Waals surface area contributed by atoms with Gasteiger partial charge in [-0.1, -0.05) is 30.3 Å². The van der Waals surface area contributed by atoms with Crippen LogP contribution in [0.25, 0.3) is 10.8 Å². The van der Waals surface area contributed by atoms with E-state index >= 15 is 0 Å². The number of nitrogens with zero attached hydrogens (tertiary/aromatic N) is 1. The topological polar surface area (TPSA) is 54.7 Å². The van der Waals surface area contributed by atoms with Crippen LogP contribution in [0.4, 0.5) is 0 Å². The quantitative estimate of drug-likeness (QED) is 0.676. The lowest BCUT2D eigenvalue weighted by atomic mass is 10.1. The molecule has 1 atom stereocenters. The molecule has 0 saturated carbocycles. The summed E-state index contributed by atoms with van der Waals surface area (Å²) in [7, 11) is 1.94. The Labute approximate surface area is 171 Å². The lowest BCUT2D eigenvalue weighted by molar-refractivity contribution is 0.0751. The standard InChI is InChI=1S/C22H24N2O3.ClH/c1-23-13-16-10-11-24(14-16)22(25)21-9-8-20(27-21)15-26-19-7-6-17-4-2-3-5-18(17)12-19;/h2-9,12,16,23H,10-11,13-15H2,1H3;1H. The molecule has 4 rings (SSSR count). The molecule has 0 aliphatic carbocycles. The number of hydrogen-bond acceptors (Lipinski definition) is 4. The molecule has 0 bridgehead atoms. The Balaban J connectivity index is 0.00000225. The van der Waals surface area contributed by atoms with E-state index in [0.29, 0.717) is 24.0 Å². The first-order chi connectivity index (χ1) is 13.2. The summed E-state index contributed by atoms with van der Waals surface area (Å²) in [6.45, 7) is 2.80. The maximum absolute atomic E-state index is 12.6. The summed E-state index contributed by atoms with van der Waals surface area (Å²) in [5.74, 6) is 2.30. The van der Waals surface area contributed by atoms with E-state index in [-0.39, 0.29) is 18.3 Å². The predicted molar refractivity (Wildman–Crippen MR) is 112 cm³/mol. The second-order valence-electron chi connectivity index (χ2n) is 7.03. The van der Waals surface area contributed by atoms with E-state index in [0.717, 1.165) is 37.2 Å². The molecule has 2 aromatic carbocycles. The van der Waals surface area contributed by atoms with Gasteiger partial charge in [-0.2, -0.15) is 0 Å². The molecule has 5 nitrogen and oxygen atoms in total. The molecule has 1 aliphatic heterocycles. The van der Waals surface area contributed by atoms with Crippen LogP contribution in [0.3, 0.4) is 0 Å². The third-order valence-electron chi connectivity index (χ3n) is 5.04.